The van der Waals surface area contributed by atoms with Gasteiger partial charge in [-0.3, -0.25) is 10.1 Å². The van der Waals surface area contributed by atoms with Crippen molar-refractivity contribution in [2.75, 3.05) is 7.11 Å². The van der Waals surface area contributed by atoms with Gasteiger partial charge in [0.05, 0.1) is 22.6 Å². The predicted octanol–water partition coefficient (Wildman–Crippen LogP) is 2.67. The molecule has 0 fully saturated rings. The molecule has 0 amide bonds. The average Bonchev–Trinajstić information content (AvgIpc) is 2.03. The highest BCUT2D eigenvalue weighted by atomic mass is 79.9. The molecule has 0 N–H and O–H groups in total. The minimum absolute atomic E-state index is 0.0162. The molecular formula is C8H8BrNO3. The Morgan fingerprint density at radius 1 is 1.54 bits per heavy atom. The van der Waals surface area contributed by atoms with Gasteiger partial charge in [0.1, 0.15) is 5.75 Å². The van der Waals surface area contributed by atoms with E-state index in [1.807, 2.05) is 6.92 Å². The number of nitro groups is 1. The van der Waals surface area contributed by atoms with E-state index in [2.05, 4.69) is 15.9 Å². The van der Waals surface area contributed by atoms with Crippen LogP contribution in [0.4, 0.5) is 5.69 Å². The van der Waals surface area contributed by atoms with E-state index in [1.165, 1.54) is 13.2 Å². The Morgan fingerprint density at radius 2 is 2.15 bits per heavy atom. The molecule has 1 aromatic carbocycles. The zero-order valence-corrected chi connectivity index (χ0v) is 8.79. The molecule has 0 bridgehead atoms. The Balaban J connectivity index is 3.30. The number of benzene rings is 1. The number of nitrogens with zero attached hydrogens (tertiary/aromatic N) is 1. The number of nitro benzene ring substituents is 1. The van der Waals surface area contributed by atoms with Crippen molar-refractivity contribution < 1.29 is 9.66 Å². The minimum atomic E-state index is -0.452. The van der Waals surface area contributed by atoms with Gasteiger partial charge in [-0.2, -0.15) is 0 Å². The van der Waals surface area contributed by atoms with Crippen LogP contribution in [0.5, 0.6) is 5.75 Å². The summed E-state index contributed by atoms with van der Waals surface area (Å²) in [6.07, 6.45) is 0. The van der Waals surface area contributed by atoms with Gasteiger partial charge in [0, 0.05) is 0 Å². The van der Waals surface area contributed by atoms with Crippen LogP contribution in [0.2, 0.25) is 0 Å². The number of halogens is 1. The summed E-state index contributed by atoms with van der Waals surface area (Å²) in [5.41, 5.74) is 0.877. The summed E-state index contributed by atoms with van der Waals surface area (Å²) in [4.78, 5) is 10.1. The second-order valence-corrected chi connectivity index (χ2v) is 3.38. The van der Waals surface area contributed by atoms with Crippen molar-refractivity contribution in [3.63, 3.8) is 0 Å². The molecule has 5 heteroatoms. The van der Waals surface area contributed by atoms with Gasteiger partial charge in [-0.05, 0) is 34.5 Å². The zero-order valence-electron chi connectivity index (χ0n) is 7.20. The highest BCUT2D eigenvalue weighted by Crippen LogP contribution is 2.31. The van der Waals surface area contributed by atoms with Crippen LogP contribution in [-0.4, -0.2) is 12.0 Å². The van der Waals surface area contributed by atoms with Crippen LogP contribution in [0.1, 0.15) is 5.56 Å². The standard InChI is InChI=1S/C8H8BrNO3/c1-5-3-6(9)7(10(11)12)4-8(5)13-2/h3-4H,1-2H3. The molecule has 13 heavy (non-hydrogen) atoms. The van der Waals surface area contributed by atoms with Crippen LogP contribution in [0.15, 0.2) is 16.6 Å². The van der Waals surface area contributed by atoms with Gasteiger partial charge in [0.2, 0.25) is 0 Å². The van der Waals surface area contributed by atoms with Crippen LogP contribution in [0, 0.1) is 17.0 Å². The van der Waals surface area contributed by atoms with Crippen LogP contribution in [-0.2, 0) is 0 Å². The van der Waals surface area contributed by atoms with Gasteiger partial charge in [-0.1, -0.05) is 0 Å². The Kier molecular flexibility index (Phi) is 2.87. The summed E-state index contributed by atoms with van der Waals surface area (Å²) in [7, 11) is 1.49. The lowest BCUT2D eigenvalue weighted by atomic mass is 10.2. The van der Waals surface area contributed by atoms with E-state index in [4.69, 9.17) is 4.74 Å². The van der Waals surface area contributed by atoms with Crippen molar-refractivity contribution >= 4 is 21.6 Å². The summed E-state index contributed by atoms with van der Waals surface area (Å²) >= 11 is 3.11. The van der Waals surface area contributed by atoms with E-state index in [9.17, 15) is 10.1 Å². The van der Waals surface area contributed by atoms with Crippen molar-refractivity contribution in [2.45, 2.75) is 6.92 Å². The number of rotatable bonds is 2. The maximum absolute atomic E-state index is 10.5. The highest BCUT2D eigenvalue weighted by Gasteiger charge is 2.14. The predicted molar refractivity (Wildman–Crippen MR) is 52.1 cm³/mol. The normalized spacial score (nSPS) is 9.77. The van der Waals surface area contributed by atoms with Gasteiger partial charge in [-0.25, -0.2) is 0 Å². The first-order chi connectivity index (χ1) is 6.06. The first-order valence-corrected chi connectivity index (χ1v) is 4.34. The van der Waals surface area contributed by atoms with Gasteiger partial charge in [-0.15, -0.1) is 0 Å². The van der Waals surface area contributed by atoms with E-state index in [0.29, 0.717) is 10.2 Å². The Bertz CT molecular complexity index is 351. The summed E-state index contributed by atoms with van der Waals surface area (Å²) in [6, 6.07) is 3.07. The second-order valence-electron chi connectivity index (χ2n) is 2.53. The number of methoxy groups -OCH3 is 1. The Labute approximate surface area is 83.8 Å². The van der Waals surface area contributed by atoms with Crippen LogP contribution in [0.3, 0.4) is 0 Å². The molecule has 0 aromatic heterocycles. The van der Waals surface area contributed by atoms with Crippen LogP contribution < -0.4 is 4.74 Å². The molecule has 0 unspecified atom stereocenters. The SMILES string of the molecule is COc1cc([N+](=O)[O-])c(Br)cc1C. The van der Waals surface area contributed by atoms with Crippen LogP contribution >= 0.6 is 15.9 Å². The number of hydrogen-bond donors (Lipinski definition) is 0. The molecule has 0 atom stereocenters. The number of ether oxygens (including phenoxy) is 1. The third kappa shape index (κ3) is 1.98. The lowest BCUT2D eigenvalue weighted by molar-refractivity contribution is -0.385. The summed E-state index contributed by atoms with van der Waals surface area (Å²) in [5, 5.41) is 10.5. The van der Waals surface area contributed by atoms with E-state index in [1.54, 1.807) is 6.07 Å². The van der Waals surface area contributed by atoms with E-state index >= 15 is 0 Å². The van der Waals surface area contributed by atoms with Gasteiger partial charge in [0.25, 0.3) is 5.69 Å². The van der Waals surface area contributed by atoms with E-state index in [-0.39, 0.29) is 5.69 Å². The molecule has 0 saturated heterocycles. The second kappa shape index (κ2) is 3.74. The molecule has 0 aliphatic rings. The molecule has 4 nitrogen and oxygen atoms in total. The molecule has 70 valence electrons. The fourth-order valence-electron chi connectivity index (χ4n) is 1.00. The fourth-order valence-corrected chi connectivity index (χ4v) is 1.60. The zero-order chi connectivity index (χ0) is 10.0. The number of aryl methyl sites for hydroxylation is 1. The third-order valence-electron chi connectivity index (χ3n) is 1.66. The molecule has 0 radical (unpaired) electrons. The average molecular weight is 246 g/mol. The van der Waals surface area contributed by atoms with Gasteiger partial charge in [0.15, 0.2) is 0 Å². The summed E-state index contributed by atoms with van der Waals surface area (Å²) in [5.74, 6) is 0.523. The highest BCUT2D eigenvalue weighted by molar-refractivity contribution is 9.10. The lowest BCUT2D eigenvalue weighted by Crippen LogP contribution is -1.93. The first kappa shape index (κ1) is 9.98. The maximum Gasteiger partial charge on any atom is 0.287 e. The maximum atomic E-state index is 10.5. The molecule has 0 aliphatic carbocycles. The van der Waals surface area contributed by atoms with Crippen molar-refractivity contribution in [3.05, 3.63) is 32.3 Å². The molecule has 0 heterocycles. The van der Waals surface area contributed by atoms with Crippen molar-refractivity contribution in [3.8, 4) is 5.75 Å². The van der Waals surface area contributed by atoms with Gasteiger partial charge < -0.3 is 4.74 Å². The smallest absolute Gasteiger partial charge is 0.287 e. The van der Waals surface area contributed by atoms with Crippen molar-refractivity contribution in [2.24, 2.45) is 0 Å². The Morgan fingerprint density at radius 3 is 2.62 bits per heavy atom. The van der Waals surface area contributed by atoms with Crippen molar-refractivity contribution in [1.82, 2.24) is 0 Å². The summed E-state index contributed by atoms with van der Waals surface area (Å²) < 4.78 is 5.43. The van der Waals surface area contributed by atoms with E-state index < -0.39 is 4.92 Å². The summed E-state index contributed by atoms with van der Waals surface area (Å²) in [6.45, 7) is 1.83. The first-order valence-electron chi connectivity index (χ1n) is 3.54. The minimum Gasteiger partial charge on any atom is -0.496 e. The molecule has 0 aliphatic heterocycles. The van der Waals surface area contributed by atoms with Gasteiger partial charge >= 0.3 is 0 Å². The van der Waals surface area contributed by atoms with Crippen LogP contribution in [0.25, 0.3) is 0 Å². The topological polar surface area (TPSA) is 52.4 Å². The van der Waals surface area contributed by atoms with E-state index in [0.717, 1.165) is 5.56 Å². The fraction of sp³-hybridized carbons (Fsp3) is 0.250. The molecule has 1 aromatic rings. The lowest BCUT2D eigenvalue weighted by Gasteiger charge is -2.04. The molecule has 0 saturated carbocycles. The third-order valence-corrected chi connectivity index (χ3v) is 2.30. The molecule has 1 rings (SSSR count). The molecule has 0 spiro atoms. The largest absolute Gasteiger partial charge is 0.496 e. The monoisotopic (exact) mass is 245 g/mol. The quantitative estimate of drug-likeness (QED) is 0.595. The molecular weight excluding hydrogens is 238 g/mol. The van der Waals surface area contributed by atoms with Crippen molar-refractivity contribution in [1.29, 1.82) is 0 Å². The Hall–Kier alpha value is -1.10. The number of hydrogen-bond acceptors (Lipinski definition) is 3.